The number of rotatable bonds is 4. The number of hydrogen-bond donors (Lipinski definition) is 0. The standard InChI is InChI=1S/C54H59BN4O/c1-50(2,3)34-22-25-45-43(30-34)55-42-32-40-41(54(10,11)29-28-53(40,8)9)33-44(42)59(37-23-24-38-39(31-37)52(6,7)27-26-51(38,4)5)47-46(55)48(60-45)57-49(56-47)58(35-18-14-12-15-19-35)36-20-16-13-17-21-36/h12-25,30-33H,26-29H2,1-11H3. The lowest BCUT2D eigenvalue weighted by Gasteiger charge is -2.46. The molecule has 3 heterocycles. The van der Waals surface area contributed by atoms with Gasteiger partial charge in [0.05, 0.1) is 0 Å². The topological polar surface area (TPSA) is 41.5 Å². The van der Waals surface area contributed by atoms with Gasteiger partial charge < -0.3 is 4.74 Å². The van der Waals surface area contributed by atoms with Crippen LogP contribution in [0.25, 0.3) is 0 Å². The van der Waals surface area contributed by atoms with Crippen LogP contribution >= 0.6 is 0 Å². The average Bonchev–Trinajstić information content (AvgIpc) is 3.21. The molecule has 0 bridgehead atoms. The second-order valence-electron chi connectivity index (χ2n) is 21.7. The normalized spacial score (nSPS) is 18.6. The van der Waals surface area contributed by atoms with Crippen molar-refractivity contribution in [3.63, 3.8) is 0 Å². The molecule has 0 fully saturated rings. The Labute approximate surface area is 358 Å². The molecule has 4 aliphatic rings. The predicted octanol–water partition coefficient (Wildman–Crippen LogP) is 12.3. The van der Waals surface area contributed by atoms with Crippen LogP contribution in [0.15, 0.2) is 109 Å². The Hall–Kier alpha value is -5.36. The van der Waals surface area contributed by atoms with Crippen molar-refractivity contribution in [2.24, 2.45) is 0 Å². The van der Waals surface area contributed by atoms with Crippen LogP contribution in [-0.4, -0.2) is 16.7 Å². The summed E-state index contributed by atoms with van der Waals surface area (Å²) in [5.74, 6) is 2.91. The number of fused-ring (bicyclic) bond motifs is 6. The molecule has 5 aromatic carbocycles. The summed E-state index contributed by atoms with van der Waals surface area (Å²) in [5, 5.41) is 0. The van der Waals surface area contributed by atoms with Crippen LogP contribution in [0.2, 0.25) is 0 Å². The van der Waals surface area contributed by atoms with Crippen molar-refractivity contribution in [3.8, 4) is 11.6 Å². The molecule has 0 unspecified atom stereocenters. The molecule has 6 heteroatoms. The lowest BCUT2D eigenvalue weighted by atomic mass is 9.34. The third-order valence-corrected chi connectivity index (χ3v) is 14.6. The van der Waals surface area contributed by atoms with Gasteiger partial charge in [-0.25, -0.2) is 0 Å². The fourth-order valence-corrected chi connectivity index (χ4v) is 10.6. The zero-order chi connectivity index (χ0) is 42.1. The van der Waals surface area contributed by atoms with Gasteiger partial charge in [0.2, 0.25) is 11.8 Å². The fourth-order valence-electron chi connectivity index (χ4n) is 10.6. The minimum Gasteiger partial charge on any atom is -0.440 e. The second-order valence-corrected chi connectivity index (χ2v) is 21.7. The van der Waals surface area contributed by atoms with Gasteiger partial charge in [-0.15, -0.1) is 0 Å². The third-order valence-electron chi connectivity index (χ3n) is 14.6. The van der Waals surface area contributed by atoms with E-state index in [4.69, 9.17) is 14.7 Å². The third kappa shape index (κ3) is 6.03. The molecule has 0 saturated carbocycles. The fraction of sp³-hybridized carbons (Fsp3) is 0.370. The highest BCUT2D eigenvalue weighted by atomic mass is 16.5. The van der Waals surface area contributed by atoms with Crippen molar-refractivity contribution in [3.05, 3.63) is 137 Å². The Morgan fingerprint density at radius 1 is 0.583 bits per heavy atom. The minimum atomic E-state index is -0.123. The first-order chi connectivity index (χ1) is 28.3. The van der Waals surface area contributed by atoms with E-state index in [1.54, 1.807) is 0 Å². The van der Waals surface area contributed by atoms with Crippen LogP contribution in [0.4, 0.5) is 34.5 Å². The summed E-state index contributed by atoms with van der Waals surface area (Å²) < 4.78 is 7.09. The Bertz CT molecular complexity index is 2650. The van der Waals surface area contributed by atoms with Gasteiger partial charge in [-0.1, -0.05) is 137 Å². The Morgan fingerprint density at radius 2 is 1.13 bits per heavy atom. The number of hydrogen-bond acceptors (Lipinski definition) is 5. The van der Waals surface area contributed by atoms with E-state index in [9.17, 15) is 0 Å². The monoisotopic (exact) mass is 790 g/mol. The zero-order valence-corrected chi connectivity index (χ0v) is 37.5. The highest BCUT2D eigenvalue weighted by molar-refractivity contribution is 6.99. The summed E-state index contributed by atoms with van der Waals surface area (Å²) in [7, 11) is 0. The van der Waals surface area contributed by atoms with Crippen molar-refractivity contribution in [1.82, 2.24) is 9.97 Å². The largest absolute Gasteiger partial charge is 0.440 e. The van der Waals surface area contributed by atoms with Crippen LogP contribution in [0.3, 0.4) is 0 Å². The molecule has 0 N–H and O–H groups in total. The molecule has 2 aliphatic carbocycles. The first-order valence-corrected chi connectivity index (χ1v) is 22.1. The second kappa shape index (κ2) is 13.1. The van der Waals surface area contributed by atoms with Crippen LogP contribution in [-0.2, 0) is 27.1 Å². The van der Waals surface area contributed by atoms with Crippen LogP contribution in [0, 0.1) is 0 Å². The minimum absolute atomic E-state index is 0.0140. The Morgan fingerprint density at radius 3 is 1.72 bits per heavy atom. The van der Waals surface area contributed by atoms with Crippen molar-refractivity contribution >= 4 is 57.6 Å². The smallest absolute Gasteiger partial charge is 0.260 e. The van der Waals surface area contributed by atoms with E-state index in [1.165, 1.54) is 50.9 Å². The maximum absolute atomic E-state index is 7.09. The van der Waals surface area contributed by atoms with Gasteiger partial charge >= 0.3 is 0 Å². The quantitative estimate of drug-likeness (QED) is 0.166. The molecule has 5 nitrogen and oxygen atoms in total. The van der Waals surface area contributed by atoms with Crippen LogP contribution in [0.5, 0.6) is 11.6 Å². The Kier molecular flexibility index (Phi) is 8.46. The molecule has 0 spiro atoms. The van der Waals surface area contributed by atoms with Gasteiger partial charge in [-0.05, 0) is 140 Å². The molecule has 6 aromatic rings. The predicted molar refractivity (Wildman–Crippen MR) is 252 cm³/mol. The molecule has 0 amide bonds. The summed E-state index contributed by atoms with van der Waals surface area (Å²) in [6.45, 7) is 26.2. The summed E-state index contributed by atoms with van der Waals surface area (Å²) in [5.41, 5.74) is 15.0. The average molecular weight is 791 g/mol. The summed E-state index contributed by atoms with van der Waals surface area (Å²) in [6.07, 6.45) is 4.59. The van der Waals surface area contributed by atoms with Gasteiger partial charge in [0, 0.05) is 28.2 Å². The van der Waals surface area contributed by atoms with E-state index in [0.717, 1.165) is 53.4 Å². The van der Waals surface area contributed by atoms with Crippen LogP contribution < -0.4 is 30.9 Å². The maximum atomic E-state index is 7.09. The van der Waals surface area contributed by atoms with Crippen molar-refractivity contribution < 1.29 is 4.74 Å². The number of aromatic nitrogens is 2. The van der Waals surface area contributed by atoms with Gasteiger partial charge in [0.25, 0.3) is 6.71 Å². The van der Waals surface area contributed by atoms with Gasteiger partial charge in [-0.3, -0.25) is 9.80 Å². The first kappa shape index (κ1) is 38.8. The van der Waals surface area contributed by atoms with Crippen molar-refractivity contribution in [2.45, 2.75) is 129 Å². The SMILES string of the molecule is CC(C)(C)c1ccc2c(c1)B1c3cc4c(cc3N(c3ccc5c(c3)C(C)(C)CCC5(C)C)c3nc(N(c5ccccc5)c5ccccc5)nc(c31)O2)C(C)(C)CCC4(C)C. The first-order valence-electron chi connectivity index (χ1n) is 22.1. The number of benzene rings is 5. The van der Waals surface area contributed by atoms with Gasteiger partial charge in [-0.2, -0.15) is 9.97 Å². The molecular formula is C54H59BN4O. The number of nitrogens with zero attached hydrogens (tertiary/aromatic N) is 4. The number of para-hydroxylation sites is 2. The van der Waals surface area contributed by atoms with Crippen molar-refractivity contribution in [1.29, 1.82) is 0 Å². The van der Waals surface area contributed by atoms with E-state index in [1.807, 2.05) is 0 Å². The maximum Gasteiger partial charge on any atom is 0.260 e. The van der Waals surface area contributed by atoms with Gasteiger partial charge in [0.1, 0.15) is 11.6 Å². The molecule has 0 saturated heterocycles. The molecule has 304 valence electrons. The molecule has 0 radical (unpaired) electrons. The zero-order valence-electron chi connectivity index (χ0n) is 37.5. The lowest BCUT2D eigenvalue weighted by molar-refractivity contribution is 0.332. The summed E-state index contributed by atoms with van der Waals surface area (Å²) in [4.78, 5) is 15.9. The van der Waals surface area contributed by atoms with E-state index in [-0.39, 0.29) is 33.8 Å². The molecular weight excluding hydrogens is 731 g/mol. The Balaban J connectivity index is 1.32. The summed E-state index contributed by atoms with van der Waals surface area (Å²) >= 11 is 0. The van der Waals surface area contributed by atoms with Crippen LogP contribution in [0.1, 0.15) is 130 Å². The lowest BCUT2D eigenvalue weighted by Crippen LogP contribution is -2.60. The van der Waals surface area contributed by atoms with Gasteiger partial charge in [0.15, 0.2) is 0 Å². The molecule has 60 heavy (non-hydrogen) atoms. The van der Waals surface area contributed by atoms with E-state index < -0.39 is 0 Å². The highest BCUT2D eigenvalue weighted by Gasteiger charge is 2.48. The highest BCUT2D eigenvalue weighted by Crippen LogP contribution is 2.52. The number of ether oxygens (including phenoxy) is 1. The molecule has 2 aliphatic heterocycles. The molecule has 10 rings (SSSR count). The summed E-state index contributed by atoms with van der Waals surface area (Å²) in [6, 6.07) is 40.2. The van der Waals surface area contributed by atoms with Crippen molar-refractivity contribution in [2.75, 3.05) is 9.80 Å². The van der Waals surface area contributed by atoms with E-state index in [0.29, 0.717) is 11.8 Å². The van der Waals surface area contributed by atoms with E-state index >= 15 is 0 Å². The van der Waals surface area contributed by atoms with E-state index in [2.05, 4.69) is 195 Å². The molecule has 1 aromatic heterocycles. The number of anilines is 6. The molecule has 0 atom stereocenters.